The Bertz CT molecular complexity index is 391. The second-order valence-corrected chi connectivity index (χ2v) is 7.77. The van der Waals surface area contributed by atoms with Crippen LogP contribution in [-0.2, 0) is 0 Å². The summed E-state index contributed by atoms with van der Waals surface area (Å²) in [5, 5.41) is 5.78. The lowest BCUT2D eigenvalue weighted by atomic mass is 9.96. The Morgan fingerprint density at radius 3 is 2.89 bits per heavy atom. The van der Waals surface area contributed by atoms with Gasteiger partial charge >= 0.3 is 0 Å². The van der Waals surface area contributed by atoms with Gasteiger partial charge in [-0.25, -0.2) is 0 Å². The van der Waals surface area contributed by atoms with Gasteiger partial charge in [-0.15, -0.1) is 11.3 Å². The first-order valence-corrected chi connectivity index (χ1v) is 8.95. The van der Waals surface area contributed by atoms with Crippen LogP contribution in [0.2, 0.25) is 0 Å². The van der Waals surface area contributed by atoms with E-state index in [-0.39, 0.29) is 0 Å². The molecule has 1 aliphatic heterocycles. The fraction of sp³-hybridized carbons (Fsp3) is 0.733. The summed E-state index contributed by atoms with van der Waals surface area (Å²) in [5.41, 5.74) is 0. The minimum absolute atomic E-state index is 0.554. The number of hydrogen-bond acceptors (Lipinski definition) is 3. The number of hydrogen-bond donors (Lipinski definition) is 1. The number of nitrogens with one attached hydrogen (secondary N) is 1. The first-order valence-electron chi connectivity index (χ1n) is 7.27. The van der Waals surface area contributed by atoms with Gasteiger partial charge in [-0.3, -0.25) is 4.90 Å². The average molecular weight is 345 g/mol. The normalized spacial score (nSPS) is 22.9. The van der Waals surface area contributed by atoms with Crippen LogP contribution in [0.3, 0.4) is 0 Å². The molecule has 1 aliphatic rings. The average Bonchev–Trinajstić information content (AvgIpc) is 2.82. The van der Waals surface area contributed by atoms with Crippen molar-refractivity contribution in [1.82, 2.24) is 10.2 Å². The minimum atomic E-state index is 0.554. The van der Waals surface area contributed by atoms with Crippen LogP contribution in [0.5, 0.6) is 0 Å². The van der Waals surface area contributed by atoms with Crippen LogP contribution < -0.4 is 5.32 Å². The van der Waals surface area contributed by atoms with Crippen LogP contribution in [-0.4, -0.2) is 30.6 Å². The summed E-state index contributed by atoms with van der Waals surface area (Å²) in [5.74, 6) is 0.807. The number of likely N-dealkylation sites (tertiary alicyclic amines) is 1. The summed E-state index contributed by atoms with van der Waals surface area (Å²) >= 11 is 5.43. The van der Waals surface area contributed by atoms with Crippen molar-refractivity contribution >= 4 is 27.3 Å². The SMILES string of the molecule is CC(C)NCC1CCCN(C(C)c2cc(Br)cs2)C1. The highest BCUT2D eigenvalue weighted by Crippen LogP contribution is 2.31. The van der Waals surface area contributed by atoms with Crippen LogP contribution in [0.1, 0.15) is 44.5 Å². The van der Waals surface area contributed by atoms with Crippen molar-refractivity contribution in [2.24, 2.45) is 5.92 Å². The van der Waals surface area contributed by atoms with Crippen LogP contribution >= 0.6 is 27.3 Å². The summed E-state index contributed by atoms with van der Waals surface area (Å²) in [6.07, 6.45) is 2.71. The maximum atomic E-state index is 3.59. The van der Waals surface area contributed by atoms with Gasteiger partial charge in [0.2, 0.25) is 0 Å². The third kappa shape index (κ3) is 4.55. The summed E-state index contributed by atoms with van der Waals surface area (Å²) < 4.78 is 1.22. The molecule has 4 heteroatoms. The first kappa shape index (κ1) is 15.5. The van der Waals surface area contributed by atoms with Crippen molar-refractivity contribution in [3.8, 4) is 0 Å². The predicted octanol–water partition coefficient (Wildman–Crippen LogP) is 4.28. The zero-order chi connectivity index (χ0) is 13.8. The van der Waals surface area contributed by atoms with Gasteiger partial charge in [-0.1, -0.05) is 13.8 Å². The number of piperidine rings is 1. The molecule has 2 atom stereocenters. The number of rotatable bonds is 5. The minimum Gasteiger partial charge on any atom is -0.314 e. The van der Waals surface area contributed by atoms with Crippen molar-refractivity contribution in [2.75, 3.05) is 19.6 Å². The van der Waals surface area contributed by atoms with Crippen molar-refractivity contribution in [3.63, 3.8) is 0 Å². The standard InChI is InChI=1S/C15H25BrN2S/c1-11(2)17-8-13-5-4-6-18(9-13)12(3)15-7-14(16)10-19-15/h7,10-13,17H,4-6,8-9H2,1-3H3. The van der Waals surface area contributed by atoms with Crippen molar-refractivity contribution in [3.05, 3.63) is 20.8 Å². The highest BCUT2D eigenvalue weighted by Gasteiger charge is 2.24. The monoisotopic (exact) mass is 344 g/mol. The molecule has 19 heavy (non-hydrogen) atoms. The fourth-order valence-corrected chi connectivity index (χ4v) is 4.28. The summed E-state index contributed by atoms with van der Waals surface area (Å²) in [6, 6.07) is 3.42. The zero-order valence-corrected chi connectivity index (χ0v) is 14.6. The third-order valence-corrected chi connectivity index (χ3v) is 5.78. The Labute approximate surface area is 129 Å². The van der Waals surface area contributed by atoms with Crippen molar-refractivity contribution < 1.29 is 0 Å². The van der Waals surface area contributed by atoms with Gasteiger partial charge in [0.1, 0.15) is 0 Å². The maximum Gasteiger partial charge on any atom is 0.0413 e. The van der Waals surface area contributed by atoms with E-state index in [1.54, 1.807) is 0 Å². The van der Waals surface area contributed by atoms with Gasteiger partial charge < -0.3 is 5.32 Å². The topological polar surface area (TPSA) is 15.3 Å². The van der Waals surface area contributed by atoms with E-state index in [0.717, 1.165) is 12.5 Å². The second kappa shape index (κ2) is 7.21. The Balaban J connectivity index is 1.89. The Kier molecular flexibility index (Phi) is 5.87. The lowest BCUT2D eigenvalue weighted by Gasteiger charge is -2.36. The summed E-state index contributed by atoms with van der Waals surface area (Å²) in [7, 11) is 0. The van der Waals surface area contributed by atoms with E-state index in [9.17, 15) is 0 Å². The van der Waals surface area contributed by atoms with Crippen LogP contribution in [0.25, 0.3) is 0 Å². The largest absolute Gasteiger partial charge is 0.314 e. The predicted molar refractivity (Wildman–Crippen MR) is 87.9 cm³/mol. The molecule has 0 aromatic carbocycles. The van der Waals surface area contributed by atoms with E-state index in [1.165, 1.54) is 35.3 Å². The molecule has 0 bridgehead atoms. The highest BCUT2D eigenvalue weighted by atomic mass is 79.9. The summed E-state index contributed by atoms with van der Waals surface area (Å²) in [4.78, 5) is 4.12. The Hall–Kier alpha value is 0.1000. The molecule has 0 spiro atoms. The van der Waals surface area contributed by atoms with Crippen LogP contribution in [0.4, 0.5) is 0 Å². The molecule has 2 rings (SSSR count). The molecule has 2 unspecified atom stereocenters. The van der Waals surface area contributed by atoms with E-state index in [0.29, 0.717) is 12.1 Å². The van der Waals surface area contributed by atoms with Crippen molar-refractivity contribution in [1.29, 1.82) is 0 Å². The number of halogens is 1. The van der Waals surface area contributed by atoms with Gasteiger partial charge in [0, 0.05) is 33.4 Å². The third-order valence-electron chi connectivity index (χ3n) is 3.91. The molecule has 1 aromatic rings. The molecule has 2 heterocycles. The smallest absolute Gasteiger partial charge is 0.0413 e. The van der Waals surface area contributed by atoms with Gasteiger partial charge in [-0.2, -0.15) is 0 Å². The molecule has 108 valence electrons. The maximum absolute atomic E-state index is 3.59. The van der Waals surface area contributed by atoms with E-state index < -0.39 is 0 Å². The molecule has 0 saturated carbocycles. The first-order chi connectivity index (χ1) is 9.06. The Morgan fingerprint density at radius 1 is 1.47 bits per heavy atom. The molecule has 2 nitrogen and oxygen atoms in total. The van der Waals surface area contributed by atoms with Crippen molar-refractivity contribution in [2.45, 2.75) is 45.7 Å². The van der Waals surface area contributed by atoms with Gasteiger partial charge in [0.05, 0.1) is 0 Å². The zero-order valence-electron chi connectivity index (χ0n) is 12.2. The Morgan fingerprint density at radius 2 is 2.26 bits per heavy atom. The molecular weight excluding hydrogens is 320 g/mol. The van der Waals surface area contributed by atoms with E-state index >= 15 is 0 Å². The molecule has 0 amide bonds. The van der Waals surface area contributed by atoms with E-state index in [2.05, 4.69) is 58.4 Å². The van der Waals surface area contributed by atoms with E-state index in [4.69, 9.17) is 0 Å². The van der Waals surface area contributed by atoms with Gasteiger partial charge in [0.15, 0.2) is 0 Å². The number of nitrogens with zero attached hydrogens (tertiary/aromatic N) is 1. The molecule has 1 aromatic heterocycles. The highest BCUT2D eigenvalue weighted by molar-refractivity contribution is 9.10. The molecule has 1 N–H and O–H groups in total. The van der Waals surface area contributed by atoms with Gasteiger partial charge in [-0.05, 0) is 60.8 Å². The second-order valence-electron chi connectivity index (χ2n) is 5.91. The lowest BCUT2D eigenvalue weighted by Crippen LogP contribution is -2.41. The lowest BCUT2D eigenvalue weighted by molar-refractivity contribution is 0.131. The van der Waals surface area contributed by atoms with Crippen LogP contribution in [0, 0.1) is 5.92 Å². The molecule has 0 radical (unpaired) electrons. The molecular formula is C15H25BrN2S. The molecule has 0 aliphatic carbocycles. The fourth-order valence-electron chi connectivity index (χ4n) is 2.75. The quantitative estimate of drug-likeness (QED) is 0.857. The van der Waals surface area contributed by atoms with Gasteiger partial charge in [0.25, 0.3) is 0 Å². The number of thiophene rings is 1. The summed E-state index contributed by atoms with van der Waals surface area (Å²) in [6.45, 7) is 10.4. The van der Waals surface area contributed by atoms with Crippen LogP contribution in [0.15, 0.2) is 15.9 Å². The van der Waals surface area contributed by atoms with E-state index in [1.807, 2.05) is 11.3 Å². The molecule has 1 fully saturated rings. The molecule has 1 saturated heterocycles.